The fourth-order valence-corrected chi connectivity index (χ4v) is 6.24. The number of ether oxygens (including phenoxy) is 2. The summed E-state index contributed by atoms with van der Waals surface area (Å²) in [6.45, 7) is 2.75. The van der Waals surface area contributed by atoms with Gasteiger partial charge in [-0.1, -0.05) is 0 Å². The van der Waals surface area contributed by atoms with Crippen molar-refractivity contribution in [2.75, 3.05) is 19.7 Å². The standard InChI is InChI=1S/C24H26F3NO5S/c1-2-32-22(29)23(13-15-28(16-14-23)18-5-6-18)34(30,31)21-11-9-20(10-12-21)33-19-7-3-17(4-8-19)24(25,26)27/h3-4,7-12,18H,2,5-6,13-16H2,1H3. The van der Waals surface area contributed by atoms with E-state index in [4.69, 9.17) is 9.47 Å². The van der Waals surface area contributed by atoms with Gasteiger partial charge in [0.25, 0.3) is 0 Å². The van der Waals surface area contributed by atoms with Crippen molar-refractivity contribution in [1.82, 2.24) is 4.90 Å². The van der Waals surface area contributed by atoms with Crippen molar-refractivity contribution in [3.63, 3.8) is 0 Å². The van der Waals surface area contributed by atoms with E-state index in [1.807, 2.05) is 0 Å². The van der Waals surface area contributed by atoms with Gasteiger partial charge in [0.05, 0.1) is 17.1 Å². The van der Waals surface area contributed by atoms with Gasteiger partial charge in [-0.15, -0.1) is 0 Å². The molecule has 0 radical (unpaired) electrons. The van der Waals surface area contributed by atoms with Crippen LogP contribution in [0.15, 0.2) is 53.4 Å². The molecule has 4 rings (SSSR count). The molecule has 6 nitrogen and oxygen atoms in total. The van der Waals surface area contributed by atoms with E-state index in [0.29, 0.717) is 19.1 Å². The van der Waals surface area contributed by atoms with Gasteiger partial charge in [0.2, 0.25) is 0 Å². The number of piperidine rings is 1. The monoisotopic (exact) mass is 497 g/mol. The fourth-order valence-electron chi connectivity index (χ4n) is 4.30. The molecule has 2 fully saturated rings. The third-order valence-corrected chi connectivity index (χ3v) is 8.88. The molecule has 0 spiro atoms. The van der Waals surface area contributed by atoms with Crippen LogP contribution < -0.4 is 4.74 Å². The summed E-state index contributed by atoms with van der Waals surface area (Å²) in [5.74, 6) is -0.290. The first kappa shape index (κ1) is 24.5. The Balaban J connectivity index is 1.54. The molecule has 2 aromatic carbocycles. The molecule has 0 atom stereocenters. The highest BCUT2D eigenvalue weighted by molar-refractivity contribution is 7.93. The van der Waals surface area contributed by atoms with Gasteiger partial charge in [-0.3, -0.25) is 4.79 Å². The van der Waals surface area contributed by atoms with Gasteiger partial charge in [-0.05, 0) is 81.1 Å². The zero-order valence-electron chi connectivity index (χ0n) is 18.7. The Bertz CT molecular complexity index is 1120. The molecule has 2 aliphatic rings. The lowest BCUT2D eigenvalue weighted by molar-refractivity contribution is -0.147. The van der Waals surface area contributed by atoms with Crippen molar-refractivity contribution < 1.29 is 35.9 Å². The van der Waals surface area contributed by atoms with E-state index >= 15 is 0 Å². The van der Waals surface area contributed by atoms with E-state index in [1.165, 1.54) is 36.4 Å². The molecule has 1 heterocycles. The summed E-state index contributed by atoms with van der Waals surface area (Å²) in [7, 11) is -4.07. The number of hydrogen-bond acceptors (Lipinski definition) is 6. The van der Waals surface area contributed by atoms with Crippen molar-refractivity contribution in [3.05, 3.63) is 54.1 Å². The first-order valence-corrected chi connectivity index (χ1v) is 12.7. The van der Waals surface area contributed by atoms with Crippen molar-refractivity contribution in [2.45, 2.75) is 54.5 Å². The molecule has 10 heteroatoms. The smallest absolute Gasteiger partial charge is 0.416 e. The summed E-state index contributed by atoms with van der Waals surface area (Å²) in [5, 5.41) is 0. The average molecular weight is 498 g/mol. The number of benzene rings is 2. The second-order valence-corrected chi connectivity index (χ2v) is 10.8. The highest BCUT2D eigenvalue weighted by Crippen LogP contribution is 2.40. The van der Waals surface area contributed by atoms with Crippen LogP contribution in [0.5, 0.6) is 11.5 Å². The topological polar surface area (TPSA) is 72.9 Å². The van der Waals surface area contributed by atoms with E-state index in [9.17, 15) is 26.4 Å². The molecule has 1 aliphatic heterocycles. The number of alkyl halides is 3. The van der Waals surface area contributed by atoms with Crippen LogP contribution in [0.1, 0.15) is 38.2 Å². The molecule has 0 N–H and O–H groups in total. The van der Waals surface area contributed by atoms with Gasteiger partial charge in [-0.2, -0.15) is 13.2 Å². The van der Waals surface area contributed by atoms with Crippen molar-refractivity contribution in [1.29, 1.82) is 0 Å². The number of carbonyl (C=O) groups excluding carboxylic acids is 1. The van der Waals surface area contributed by atoms with Crippen LogP contribution >= 0.6 is 0 Å². The lowest BCUT2D eigenvalue weighted by atomic mass is 9.95. The first-order valence-electron chi connectivity index (χ1n) is 11.2. The molecular formula is C24H26F3NO5S. The summed E-state index contributed by atoms with van der Waals surface area (Å²) in [6.07, 6.45) is -1.93. The summed E-state index contributed by atoms with van der Waals surface area (Å²) in [5.41, 5.74) is -0.793. The molecule has 0 bridgehead atoms. The number of likely N-dealkylation sites (tertiary alicyclic amines) is 1. The molecule has 184 valence electrons. The third-order valence-electron chi connectivity index (χ3n) is 6.38. The van der Waals surface area contributed by atoms with E-state index in [2.05, 4.69) is 4.90 Å². The number of esters is 1. The molecule has 0 unspecified atom stereocenters. The van der Waals surface area contributed by atoms with Gasteiger partial charge in [0.1, 0.15) is 11.5 Å². The van der Waals surface area contributed by atoms with Crippen LogP contribution in [0.25, 0.3) is 0 Å². The van der Waals surface area contributed by atoms with Crippen molar-refractivity contribution >= 4 is 15.8 Å². The van der Waals surface area contributed by atoms with E-state index in [-0.39, 0.29) is 35.8 Å². The van der Waals surface area contributed by atoms with Crippen molar-refractivity contribution in [2.24, 2.45) is 0 Å². The number of carbonyl (C=O) groups is 1. The van der Waals surface area contributed by atoms with Gasteiger partial charge < -0.3 is 14.4 Å². The van der Waals surface area contributed by atoms with Crippen LogP contribution in [0.2, 0.25) is 0 Å². The summed E-state index contributed by atoms with van der Waals surface area (Å²) < 4.78 is 74.6. The minimum absolute atomic E-state index is 0.0276. The Hall–Kier alpha value is -2.59. The minimum Gasteiger partial charge on any atom is -0.465 e. The maximum absolute atomic E-state index is 13.7. The van der Waals surface area contributed by atoms with Crippen LogP contribution in [-0.2, 0) is 25.5 Å². The zero-order chi connectivity index (χ0) is 24.6. The minimum atomic E-state index is -4.45. The van der Waals surface area contributed by atoms with Crippen molar-refractivity contribution in [3.8, 4) is 11.5 Å². The van der Waals surface area contributed by atoms with Crippen LogP contribution in [0.3, 0.4) is 0 Å². The Labute approximate surface area is 196 Å². The second kappa shape index (κ2) is 9.22. The van der Waals surface area contributed by atoms with Crippen LogP contribution in [-0.4, -0.2) is 49.8 Å². The molecule has 1 saturated heterocycles. The highest BCUT2D eigenvalue weighted by atomic mass is 32.2. The van der Waals surface area contributed by atoms with Gasteiger partial charge in [0.15, 0.2) is 14.6 Å². The molecule has 1 saturated carbocycles. The SMILES string of the molecule is CCOC(=O)C1(S(=O)(=O)c2ccc(Oc3ccc(C(F)(F)F)cc3)cc2)CCN(C2CC2)CC1. The highest BCUT2D eigenvalue weighted by Gasteiger charge is 2.55. The molecule has 1 aliphatic carbocycles. The van der Waals surface area contributed by atoms with E-state index < -0.39 is 32.3 Å². The number of sulfone groups is 1. The lowest BCUT2D eigenvalue weighted by Crippen LogP contribution is -2.55. The Morgan fingerprint density at radius 2 is 1.53 bits per heavy atom. The second-order valence-electron chi connectivity index (χ2n) is 8.58. The quantitative estimate of drug-likeness (QED) is 0.510. The average Bonchev–Trinajstić information content (AvgIpc) is 3.65. The zero-order valence-corrected chi connectivity index (χ0v) is 19.5. The largest absolute Gasteiger partial charge is 0.465 e. The number of hydrogen-bond donors (Lipinski definition) is 0. The van der Waals surface area contributed by atoms with Crippen LogP contribution in [0.4, 0.5) is 13.2 Å². The number of nitrogens with zero attached hydrogens (tertiary/aromatic N) is 1. The third kappa shape index (κ3) is 4.79. The Morgan fingerprint density at radius 3 is 2.00 bits per heavy atom. The normalized spacial score (nSPS) is 18.9. The maximum Gasteiger partial charge on any atom is 0.416 e. The summed E-state index contributed by atoms with van der Waals surface area (Å²) >= 11 is 0. The summed E-state index contributed by atoms with van der Waals surface area (Å²) in [4.78, 5) is 15.1. The molecule has 0 aromatic heterocycles. The molecular weight excluding hydrogens is 471 g/mol. The fraction of sp³-hybridized carbons (Fsp3) is 0.458. The molecule has 34 heavy (non-hydrogen) atoms. The molecule has 0 amide bonds. The predicted molar refractivity (Wildman–Crippen MR) is 118 cm³/mol. The Morgan fingerprint density at radius 1 is 1.00 bits per heavy atom. The van der Waals surface area contributed by atoms with Crippen LogP contribution in [0, 0.1) is 0 Å². The van der Waals surface area contributed by atoms with Gasteiger partial charge >= 0.3 is 12.1 Å². The molecule has 2 aromatic rings. The first-order chi connectivity index (χ1) is 16.1. The predicted octanol–water partition coefficient (Wildman–Crippen LogP) is 4.83. The summed E-state index contributed by atoms with van der Waals surface area (Å²) in [6, 6.07) is 10.2. The van der Waals surface area contributed by atoms with E-state index in [0.717, 1.165) is 25.0 Å². The number of rotatable bonds is 7. The van der Waals surface area contributed by atoms with Gasteiger partial charge in [-0.25, -0.2) is 8.42 Å². The maximum atomic E-state index is 13.7. The number of halogens is 3. The Kier molecular flexibility index (Phi) is 6.65. The van der Waals surface area contributed by atoms with Gasteiger partial charge in [0, 0.05) is 19.1 Å². The lowest BCUT2D eigenvalue weighted by Gasteiger charge is -2.39. The van der Waals surface area contributed by atoms with E-state index in [1.54, 1.807) is 6.92 Å².